The molecule has 3 saturated carbocycles. The van der Waals surface area contributed by atoms with E-state index in [0.29, 0.717) is 24.7 Å². The molecule has 3 aliphatic rings. The number of rotatable bonds is 3. The Hall–Kier alpha value is -0.400. The average molecular weight is 310 g/mol. The molecule has 0 spiro atoms. The quantitative estimate of drug-likeness (QED) is 0.539. The lowest BCUT2D eigenvalue weighted by Gasteiger charge is -2.41. The summed E-state index contributed by atoms with van der Waals surface area (Å²) in [5.74, 6) is 3.71. The standard InChI is InChI=1S/C20H32F2/c1-2-14-3-5-15(6-4-14)16-7-9-17(10-8-16)18-11-12-19(21)20(22)13-18/h2,14-20H,1,3-13H2/t14?,15?,16-,17+,18?,19?,20?. The van der Waals surface area contributed by atoms with Crippen LogP contribution in [0.3, 0.4) is 0 Å². The molecule has 0 N–H and O–H groups in total. The molecule has 0 bridgehead atoms. The minimum absolute atomic E-state index is 0.456. The van der Waals surface area contributed by atoms with E-state index in [-0.39, 0.29) is 0 Å². The normalized spacial score (nSPS) is 47.1. The highest BCUT2D eigenvalue weighted by Gasteiger charge is 2.37. The second kappa shape index (κ2) is 7.45. The third-order valence-electron chi connectivity index (χ3n) is 7.03. The maximum atomic E-state index is 13.6. The van der Waals surface area contributed by atoms with Gasteiger partial charge in [-0.3, -0.25) is 0 Å². The van der Waals surface area contributed by atoms with Crippen LogP contribution in [0.25, 0.3) is 0 Å². The van der Waals surface area contributed by atoms with Gasteiger partial charge in [-0.15, -0.1) is 6.58 Å². The van der Waals surface area contributed by atoms with E-state index in [0.717, 1.165) is 24.2 Å². The predicted molar refractivity (Wildman–Crippen MR) is 88.2 cm³/mol. The lowest BCUT2D eigenvalue weighted by atomic mass is 9.65. The SMILES string of the molecule is C=CC1CCC([C@H]2CC[C@@H](C3CCC(F)C(F)C3)CC2)CC1. The van der Waals surface area contributed by atoms with Crippen LogP contribution in [0.2, 0.25) is 0 Å². The van der Waals surface area contributed by atoms with E-state index in [2.05, 4.69) is 12.7 Å². The molecular weight excluding hydrogens is 278 g/mol. The molecular formula is C20H32F2. The van der Waals surface area contributed by atoms with Crippen LogP contribution in [0.15, 0.2) is 12.7 Å². The van der Waals surface area contributed by atoms with Crippen molar-refractivity contribution >= 4 is 0 Å². The first-order chi connectivity index (χ1) is 10.7. The van der Waals surface area contributed by atoms with Gasteiger partial charge in [0.25, 0.3) is 0 Å². The molecule has 3 aliphatic carbocycles. The van der Waals surface area contributed by atoms with Gasteiger partial charge in [0.05, 0.1) is 0 Å². The Bertz CT molecular complexity index is 351. The Kier molecular flexibility index (Phi) is 5.57. The summed E-state index contributed by atoms with van der Waals surface area (Å²) in [5, 5.41) is 0. The lowest BCUT2D eigenvalue weighted by molar-refractivity contribution is 0.0479. The molecule has 22 heavy (non-hydrogen) atoms. The van der Waals surface area contributed by atoms with Crippen molar-refractivity contribution in [2.24, 2.45) is 29.6 Å². The smallest absolute Gasteiger partial charge is 0.131 e. The molecule has 0 aromatic heterocycles. The van der Waals surface area contributed by atoms with Crippen molar-refractivity contribution in [3.63, 3.8) is 0 Å². The minimum Gasteiger partial charge on any atom is -0.244 e. The van der Waals surface area contributed by atoms with Gasteiger partial charge in [0.15, 0.2) is 0 Å². The Morgan fingerprint density at radius 2 is 1.05 bits per heavy atom. The van der Waals surface area contributed by atoms with Crippen LogP contribution in [0.1, 0.15) is 70.6 Å². The zero-order valence-electron chi connectivity index (χ0n) is 13.9. The third kappa shape index (κ3) is 3.74. The highest BCUT2D eigenvalue weighted by Crippen LogP contribution is 2.45. The van der Waals surface area contributed by atoms with Gasteiger partial charge >= 0.3 is 0 Å². The molecule has 0 aromatic carbocycles. The Morgan fingerprint density at radius 3 is 1.55 bits per heavy atom. The van der Waals surface area contributed by atoms with Gasteiger partial charge in [-0.1, -0.05) is 6.08 Å². The minimum atomic E-state index is -1.19. The number of hydrogen-bond donors (Lipinski definition) is 0. The zero-order valence-corrected chi connectivity index (χ0v) is 13.9. The van der Waals surface area contributed by atoms with Crippen molar-refractivity contribution in [1.82, 2.24) is 0 Å². The second-order valence-corrected chi connectivity index (χ2v) is 8.19. The van der Waals surface area contributed by atoms with Gasteiger partial charge in [0.2, 0.25) is 0 Å². The summed E-state index contributed by atoms with van der Waals surface area (Å²) >= 11 is 0. The molecule has 3 fully saturated rings. The average Bonchev–Trinajstić information content (AvgIpc) is 2.58. The summed E-state index contributed by atoms with van der Waals surface area (Å²) in [4.78, 5) is 0. The Morgan fingerprint density at radius 1 is 0.591 bits per heavy atom. The molecule has 3 rings (SSSR count). The van der Waals surface area contributed by atoms with Crippen molar-refractivity contribution in [3.05, 3.63) is 12.7 Å². The fourth-order valence-electron chi connectivity index (χ4n) is 5.48. The van der Waals surface area contributed by atoms with Gasteiger partial charge in [-0.2, -0.15) is 0 Å². The van der Waals surface area contributed by atoms with Gasteiger partial charge in [-0.05, 0) is 100 Å². The first-order valence-corrected chi connectivity index (χ1v) is 9.58. The molecule has 0 heterocycles. The maximum Gasteiger partial charge on any atom is 0.131 e. The summed E-state index contributed by atoms with van der Waals surface area (Å²) in [6.45, 7) is 3.94. The molecule has 2 heteroatoms. The van der Waals surface area contributed by atoms with Crippen molar-refractivity contribution < 1.29 is 8.78 Å². The van der Waals surface area contributed by atoms with Gasteiger partial charge in [0.1, 0.15) is 12.3 Å². The van der Waals surface area contributed by atoms with Crippen molar-refractivity contribution in [2.75, 3.05) is 0 Å². The fourth-order valence-corrected chi connectivity index (χ4v) is 5.48. The van der Waals surface area contributed by atoms with Crippen LogP contribution in [0.5, 0.6) is 0 Å². The van der Waals surface area contributed by atoms with Crippen LogP contribution >= 0.6 is 0 Å². The highest BCUT2D eigenvalue weighted by molar-refractivity contribution is 4.90. The maximum absolute atomic E-state index is 13.6. The lowest BCUT2D eigenvalue weighted by Crippen LogP contribution is -2.34. The summed E-state index contributed by atoms with van der Waals surface area (Å²) in [6.07, 6.45) is 12.2. The number of hydrogen-bond acceptors (Lipinski definition) is 0. The van der Waals surface area contributed by atoms with Crippen molar-refractivity contribution in [2.45, 2.75) is 83.0 Å². The van der Waals surface area contributed by atoms with Crippen LogP contribution in [-0.2, 0) is 0 Å². The Labute approximate surface area is 134 Å². The van der Waals surface area contributed by atoms with E-state index in [9.17, 15) is 8.78 Å². The van der Waals surface area contributed by atoms with Gasteiger partial charge in [0, 0.05) is 0 Å². The third-order valence-corrected chi connectivity index (χ3v) is 7.03. The largest absolute Gasteiger partial charge is 0.244 e. The van der Waals surface area contributed by atoms with E-state index in [1.807, 2.05) is 0 Å². The first-order valence-electron chi connectivity index (χ1n) is 9.58. The molecule has 0 nitrogen and oxygen atoms in total. The molecule has 126 valence electrons. The number of halogens is 2. The topological polar surface area (TPSA) is 0 Å². The fraction of sp³-hybridized carbons (Fsp3) is 0.900. The van der Waals surface area contributed by atoms with E-state index < -0.39 is 12.3 Å². The van der Waals surface area contributed by atoms with Crippen molar-refractivity contribution in [1.29, 1.82) is 0 Å². The van der Waals surface area contributed by atoms with Gasteiger partial charge < -0.3 is 0 Å². The molecule has 3 atom stereocenters. The van der Waals surface area contributed by atoms with Gasteiger partial charge in [-0.25, -0.2) is 8.78 Å². The number of alkyl halides is 2. The molecule has 0 saturated heterocycles. The first kappa shape index (κ1) is 16.5. The summed E-state index contributed by atoms with van der Waals surface area (Å²) in [6, 6.07) is 0. The van der Waals surface area contributed by atoms with Crippen molar-refractivity contribution in [3.8, 4) is 0 Å². The van der Waals surface area contributed by atoms with E-state index in [1.54, 1.807) is 0 Å². The van der Waals surface area contributed by atoms with E-state index in [1.165, 1.54) is 51.4 Å². The monoisotopic (exact) mass is 310 g/mol. The summed E-state index contributed by atoms with van der Waals surface area (Å²) in [5.41, 5.74) is 0. The molecule has 0 amide bonds. The predicted octanol–water partition coefficient (Wildman–Crippen LogP) is 6.26. The van der Waals surface area contributed by atoms with Crippen LogP contribution in [0.4, 0.5) is 8.78 Å². The summed E-state index contributed by atoms with van der Waals surface area (Å²) in [7, 11) is 0. The summed E-state index contributed by atoms with van der Waals surface area (Å²) < 4.78 is 26.9. The number of allylic oxidation sites excluding steroid dienone is 1. The molecule has 3 unspecified atom stereocenters. The van der Waals surface area contributed by atoms with E-state index >= 15 is 0 Å². The zero-order chi connectivity index (χ0) is 15.5. The molecule has 0 radical (unpaired) electrons. The highest BCUT2D eigenvalue weighted by atomic mass is 19.2. The van der Waals surface area contributed by atoms with E-state index in [4.69, 9.17) is 0 Å². The van der Waals surface area contributed by atoms with Crippen LogP contribution in [-0.4, -0.2) is 12.3 Å². The Balaban J connectivity index is 1.44. The van der Waals surface area contributed by atoms with Crippen LogP contribution < -0.4 is 0 Å². The second-order valence-electron chi connectivity index (χ2n) is 8.19. The van der Waals surface area contributed by atoms with Crippen LogP contribution in [0, 0.1) is 29.6 Å². The molecule has 0 aliphatic heterocycles. The molecule has 0 aromatic rings.